The lowest BCUT2D eigenvalue weighted by atomic mass is 9.78. The number of rotatable bonds is 8. The molecule has 0 aromatic heterocycles. The number of nitrogens with one attached hydrogen (secondary N) is 2. The SMILES string of the molecule is C[C@H]1C2=NN(C)C(C3=CC(C4(NS(C)(=O)=O)CC4)=CC(Cl)C3)C2CCN1C(=O)c1cc(F)cc(CCC2CN=NN2)c1Cl. The molecule has 1 saturated heterocycles. The van der Waals surface area contributed by atoms with Crippen LogP contribution < -0.4 is 10.1 Å². The van der Waals surface area contributed by atoms with Gasteiger partial charge in [0.05, 0.1) is 58.1 Å². The quantitative estimate of drug-likeness (QED) is 0.408. The molecule has 1 saturated carbocycles. The molecule has 10 nitrogen and oxygen atoms in total. The number of hydrogen-bond acceptors (Lipinski definition) is 8. The standard InChI is InChI=1S/C29H36Cl2FN7O3S/c1-16-26-23(27(38(2)35-26)18-10-19(13-20(30)11-18)29(7-8-29)36-43(3,41)42)6-9-39(16)28(40)24-14-21(32)12-17(25(24)31)4-5-22-15-33-37-34-22/h10,12-14,16,20,22-23,27,36H,4-9,11,15H2,1-3H3,(H,33,34)/t16-,20?,22?,23?,27?/m0/s1. The van der Waals surface area contributed by atoms with Crippen LogP contribution in [0.15, 0.2) is 50.9 Å². The van der Waals surface area contributed by atoms with Crippen LogP contribution in [-0.4, -0.2) is 85.4 Å². The molecule has 5 aliphatic rings. The van der Waals surface area contributed by atoms with Gasteiger partial charge >= 0.3 is 0 Å². The van der Waals surface area contributed by atoms with Gasteiger partial charge in [0.2, 0.25) is 10.0 Å². The first-order valence-electron chi connectivity index (χ1n) is 14.6. The van der Waals surface area contributed by atoms with Crippen LogP contribution in [0.25, 0.3) is 0 Å². The number of likely N-dealkylation sites (tertiary alicyclic amines) is 1. The maximum Gasteiger partial charge on any atom is 0.256 e. The van der Waals surface area contributed by atoms with Crippen LogP contribution in [0.1, 0.15) is 54.9 Å². The first-order chi connectivity index (χ1) is 20.3. The largest absolute Gasteiger partial charge is 0.331 e. The van der Waals surface area contributed by atoms with Crippen molar-refractivity contribution >= 4 is 44.8 Å². The van der Waals surface area contributed by atoms with Gasteiger partial charge in [-0.25, -0.2) is 17.5 Å². The minimum Gasteiger partial charge on any atom is -0.331 e. The number of piperidine rings is 1. The molecular weight excluding hydrogens is 616 g/mol. The Morgan fingerprint density at radius 3 is 2.74 bits per heavy atom. The summed E-state index contributed by atoms with van der Waals surface area (Å²) in [6, 6.07) is 2.30. The number of carbonyl (C=O) groups is 1. The van der Waals surface area contributed by atoms with Crippen LogP contribution in [-0.2, 0) is 16.4 Å². The van der Waals surface area contributed by atoms with E-state index in [0.717, 1.165) is 29.7 Å². The molecule has 0 radical (unpaired) electrons. The summed E-state index contributed by atoms with van der Waals surface area (Å²) >= 11 is 13.4. The molecule has 2 fully saturated rings. The monoisotopic (exact) mass is 651 g/mol. The lowest BCUT2D eigenvalue weighted by Crippen LogP contribution is -2.52. The summed E-state index contributed by atoms with van der Waals surface area (Å²) in [7, 11) is -1.47. The number of hydrogen-bond donors (Lipinski definition) is 2. The van der Waals surface area contributed by atoms with Crippen molar-refractivity contribution in [1.29, 1.82) is 0 Å². The van der Waals surface area contributed by atoms with Crippen LogP contribution in [0.5, 0.6) is 0 Å². The van der Waals surface area contributed by atoms with E-state index in [4.69, 9.17) is 28.3 Å². The number of halogens is 3. The van der Waals surface area contributed by atoms with E-state index >= 15 is 0 Å². The Bertz CT molecular complexity index is 1550. The van der Waals surface area contributed by atoms with E-state index in [1.54, 1.807) is 4.90 Å². The molecule has 43 heavy (non-hydrogen) atoms. The van der Waals surface area contributed by atoms with E-state index in [-0.39, 0.29) is 45.9 Å². The lowest BCUT2D eigenvalue weighted by Gasteiger charge is -2.39. The summed E-state index contributed by atoms with van der Waals surface area (Å²) in [6.45, 7) is 2.97. The summed E-state index contributed by atoms with van der Waals surface area (Å²) in [5, 5.41) is 14.6. The minimum atomic E-state index is -3.39. The van der Waals surface area contributed by atoms with Crippen molar-refractivity contribution in [3.05, 3.63) is 57.4 Å². The zero-order chi connectivity index (χ0) is 30.7. The first-order valence-corrected chi connectivity index (χ1v) is 17.3. The van der Waals surface area contributed by atoms with Gasteiger partial charge in [-0.2, -0.15) is 10.2 Å². The summed E-state index contributed by atoms with van der Waals surface area (Å²) < 4.78 is 41.7. The summed E-state index contributed by atoms with van der Waals surface area (Å²) in [5.41, 5.74) is 5.96. The van der Waals surface area contributed by atoms with Gasteiger partial charge < -0.3 is 4.90 Å². The molecule has 0 bridgehead atoms. The van der Waals surface area contributed by atoms with Gasteiger partial charge in [0.1, 0.15) is 5.82 Å². The normalized spacial score (nSPS) is 29.5. The molecular formula is C29H36Cl2FN7O3S. The molecule has 1 amide bonds. The molecule has 2 N–H and O–H groups in total. The lowest BCUT2D eigenvalue weighted by molar-refractivity contribution is 0.0702. The van der Waals surface area contributed by atoms with Crippen molar-refractivity contribution in [3.8, 4) is 0 Å². The van der Waals surface area contributed by atoms with Gasteiger partial charge in [0, 0.05) is 19.5 Å². The Balaban J connectivity index is 1.20. The molecule has 3 aliphatic heterocycles. The zero-order valence-electron chi connectivity index (χ0n) is 24.4. The Morgan fingerprint density at radius 1 is 1.30 bits per heavy atom. The van der Waals surface area contributed by atoms with Crippen molar-refractivity contribution in [3.63, 3.8) is 0 Å². The van der Waals surface area contributed by atoms with Crippen LogP contribution in [0.4, 0.5) is 4.39 Å². The molecule has 2 aliphatic carbocycles. The Morgan fingerprint density at radius 2 is 2.07 bits per heavy atom. The highest BCUT2D eigenvalue weighted by Gasteiger charge is 2.50. The molecule has 5 atom stereocenters. The molecule has 232 valence electrons. The van der Waals surface area contributed by atoms with Crippen LogP contribution in [0.2, 0.25) is 5.02 Å². The molecule has 4 unspecified atom stereocenters. The third-order valence-electron chi connectivity index (χ3n) is 9.19. The highest BCUT2D eigenvalue weighted by molar-refractivity contribution is 7.88. The number of benzene rings is 1. The van der Waals surface area contributed by atoms with E-state index in [9.17, 15) is 17.6 Å². The minimum absolute atomic E-state index is 0.0549. The van der Waals surface area contributed by atoms with E-state index in [1.165, 1.54) is 18.4 Å². The zero-order valence-corrected chi connectivity index (χ0v) is 26.7. The van der Waals surface area contributed by atoms with Crippen molar-refractivity contribution < 1.29 is 17.6 Å². The molecule has 1 aromatic rings. The van der Waals surface area contributed by atoms with Crippen molar-refractivity contribution in [2.24, 2.45) is 21.4 Å². The second-order valence-electron chi connectivity index (χ2n) is 12.3. The van der Waals surface area contributed by atoms with Crippen LogP contribution in [0.3, 0.4) is 0 Å². The van der Waals surface area contributed by atoms with Gasteiger partial charge in [-0.1, -0.05) is 29.0 Å². The average molecular weight is 653 g/mol. The van der Waals surface area contributed by atoms with Gasteiger partial charge in [-0.3, -0.25) is 15.2 Å². The third kappa shape index (κ3) is 6.08. The number of amides is 1. The average Bonchev–Trinajstić information content (AvgIpc) is 3.34. The van der Waals surface area contributed by atoms with E-state index in [1.807, 2.05) is 25.1 Å². The number of hydrazone groups is 1. The van der Waals surface area contributed by atoms with Gasteiger partial charge in [0.25, 0.3) is 5.91 Å². The van der Waals surface area contributed by atoms with E-state index in [2.05, 4.69) is 26.6 Å². The predicted octanol–water partition coefficient (Wildman–Crippen LogP) is 4.22. The third-order valence-corrected chi connectivity index (χ3v) is 10.7. The van der Waals surface area contributed by atoms with Crippen LogP contribution >= 0.6 is 23.2 Å². The number of fused-ring (bicyclic) bond motifs is 1. The molecule has 3 heterocycles. The van der Waals surface area contributed by atoms with Gasteiger partial charge in [-0.15, -0.1) is 11.6 Å². The highest BCUT2D eigenvalue weighted by Crippen LogP contribution is 2.47. The Hall–Kier alpha value is -2.54. The smallest absolute Gasteiger partial charge is 0.256 e. The fraction of sp³-hybridized carbons (Fsp3) is 0.586. The molecule has 6 rings (SSSR count). The van der Waals surface area contributed by atoms with Crippen molar-refractivity contribution in [2.45, 2.75) is 74.5 Å². The summed E-state index contributed by atoms with van der Waals surface area (Å²) in [6.07, 6.45) is 9.15. The fourth-order valence-electron chi connectivity index (χ4n) is 6.99. The highest BCUT2D eigenvalue weighted by atomic mass is 35.5. The maximum absolute atomic E-state index is 14.7. The van der Waals surface area contributed by atoms with Crippen molar-refractivity contribution in [1.82, 2.24) is 20.1 Å². The number of alkyl halides is 1. The van der Waals surface area contributed by atoms with Crippen LogP contribution in [0, 0.1) is 11.7 Å². The Labute approximate surface area is 261 Å². The first kappa shape index (κ1) is 30.5. The number of likely N-dealkylation sites (N-methyl/N-ethyl adjacent to an activating group) is 1. The molecule has 1 aromatic carbocycles. The number of nitrogens with zero attached hydrogens (tertiary/aromatic N) is 5. The molecule has 14 heteroatoms. The second-order valence-corrected chi connectivity index (χ2v) is 15.0. The number of allylic oxidation sites excluding steroid dienone is 1. The maximum atomic E-state index is 14.7. The number of carbonyl (C=O) groups excluding carboxylic acids is 1. The van der Waals surface area contributed by atoms with E-state index < -0.39 is 21.4 Å². The van der Waals surface area contributed by atoms with E-state index in [0.29, 0.717) is 44.3 Å². The second kappa shape index (κ2) is 11.4. The van der Waals surface area contributed by atoms with Gasteiger partial charge in [0.15, 0.2) is 0 Å². The Kier molecular flexibility index (Phi) is 8.10. The van der Waals surface area contributed by atoms with Crippen molar-refractivity contribution in [2.75, 3.05) is 26.4 Å². The fourth-order valence-corrected chi connectivity index (χ4v) is 8.62. The number of sulfonamides is 1. The summed E-state index contributed by atoms with van der Waals surface area (Å²) in [5.74, 6) is -0.760. The predicted molar refractivity (Wildman–Crippen MR) is 164 cm³/mol. The molecule has 0 spiro atoms. The topological polar surface area (TPSA) is 119 Å². The number of aryl methyl sites for hydroxylation is 1. The summed E-state index contributed by atoms with van der Waals surface area (Å²) in [4.78, 5) is 15.6. The van der Waals surface area contributed by atoms with Gasteiger partial charge in [-0.05, 0) is 74.3 Å².